The second kappa shape index (κ2) is 7.70. The molecule has 4 heterocycles. The van der Waals surface area contributed by atoms with Crippen molar-refractivity contribution in [3.05, 3.63) is 30.2 Å². The van der Waals surface area contributed by atoms with Gasteiger partial charge < -0.3 is 15.3 Å². The number of hydrogen-bond acceptors (Lipinski definition) is 6. The van der Waals surface area contributed by atoms with Gasteiger partial charge in [-0.2, -0.15) is 18.4 Å². The van der Waals surface area contributed by atoms with Crippen LogP contribution in [-0.2, 0) is 9.59 Å². The number of urea groups is 1. The second-order valence-corrected chi connectivity index (χ2v) is 8.07. The molecule has 4 rings (SSSR count). The number of nitrogens with one attached hydrogen (secondary N) is 2. The molecule has 0 bridgehead atoms. The SMILES string of the molecule is CC1(C)CN(c2cc(C#N)cc3cncn23)CCC12NC(=O)NC2=O.O=C(O)C(F)(F)F. The Hall–Kier alpha value is -3.82. The van der Waals surface area contributed by atoms with Crippen LogP contribution in [0.5, 0.6) is 0 Å². The first-order valence-corrected chi connectivity index (χ1v) is 9.35. The number of alkyl halides is 3. The Morgan fingerprint density at radius 1 is 1.31 bits per heavy atom. The van der Waals surface area contributed by atoms with Gasteiger partial charge in [0.1, 0.15) is 17.7 Å². The number of imide groups is 1. The highest BCUT2D eigenvalue weighted by molar-refractivity contribution is 6.07. The van der Waals surface area contributed by atoms with Gasteiger partial charge in [0.25, 0.3) is 5.91 Å². The van der Waals surface area contributed by atoms with Crippen LogP contribution in [-0.4, -0.2) is 57.2 Å². The van der Waals surface area contributed by atoms with Gasteiger partial charge in [-0.25, -0.2) is 14.6 Å². The van der Waals surface area contributed by atoms with Crippen LogP contribution in [0.25, 0.3) is 5.52 Å². The molecule has 1 unspecified atom stereocenters. The first kappa shape index (κ1) is 22.9. The van der Waals surface area contributed by atoms with Gasteiger partial charge in [0, 0.05) is 18.5 Å². The van der Waals surface area contributed by atoms with E-state index in [2.05, 4.69) is 26.6 Å². The highest BCUT2D eigenvalue weighted by Crippen LogP contribution is 2.42. The molecule has 2 saturated heterocycles. The summed E-state index contributed by atoms with van der Waals surface area (Å²) in [4.78, 5) is 39.3. The maximum absolute atomic E-state index is 12.4. The summed E-state index contributed by atoms with van der Waals surface area (Å²) in [6.45, 7) is 5.09. The number of pyridine rings is 1. The average molecular weight is 452 g/mol. The van der Waals surface area contributed by atoms with Crippen LogP contribution in [0.3, 0.4) is 0 Å². The van der Waals surface area contributed by atoms with E-state index in [1.54, 1.807) is 18.6 Å². The van der Waals surface area contributed by atoms with Crippen molar-refractivity contribution in [2.45, 2.75) is 32.0 Å². The molecule has 10 nitrogen and oxygen atoms in total. The lowest BCUT2D eigenvalue weighted by atomic mass is 9.67. The molecule has 0 saturated carbocycles. The molecular weight excluding hydrogens is 433 g/mol. The Morgan fingerprint density at radius 2 is 1.97 bits per heavy atom. The molecule has 13 heteroatoms. The number of nitrogens with zero attached hydrogens (tertiary/aromatic N) is 4. The van der Waals surface area contributed by atoms with Crippen molar-refractivity contribution in [3.8, 4) is 6.07 Å². The van der Waals surface area contributed by atoms with E-state index in [-0.39, 0.29) is 5.91 Å². The van der Waals surface area contributed by atoms with Gasteiger partial charge in [-0.05, 0) is 18.6 Å². The number of halogens is 3. The first-order chi connectivity index (χ1) is 14.8. The number of imidazole rings is 1. The van der Waals surface area contributed by atoms with E-state index in [9.17, 15) is 28.0 Å². The fourth-order valence-corrected chi connectivity index (χ4v) is 3.99. The molecule has 0 radical (unpaired) electrons. The molecule has 1 atom stereocenters. The van der Waals surface area contributed by atoms with Crippen LogP contribution in [0.15, 0.2) is 24.7 Å². The highest BCUT2D eigenvalue weighted by atomic mass is 19.4. The standard InChI is InChI=1S/C17H18N6O2.C2HF3O2/c1-16(2)9-22(4-3-17(16)14(24)20-15(25)21-17)13-6-11(7-18)5-12-8-19-10-23(12)13;3-2(4,5)1(6)7/h5-6,8,10H,3-4,9H2,1-2H3,(H2,20,21,24,25);(H,6,7). The number of piperidine rings is 1. The fraction of sp³-hybridized carbons (Fsp3) is 0.421. The highest BCUT2D eigenvalue weighted by Gasteiger charge is 2.58. The minimum absolute atomic E-state index is 0.263. The van der Waals surface area contributed by atoms with E-state index in [1.807, 2.05) is 24.3 Å². The summed E-state index contributed by atoms with van der Waals surface area (Å²) >= 11 is 0. The minimum Gasteiger partial charge on any atom is -0.475 e. The van der Waals surface area contributed by atoms with Gasteiger partial charge >= 0.3 is 18.2 Å². The van der Waals surface area contributed by atoms with Crippen molar-refractivity contribution < 1.29 is 32.7 Å². The molecule has 0 aromatic carbocycles. The van der Waals surface area contributed by atoms with Crippen molar-refractivity contribution in [2.75, 3.05) is 18.0 Å². The smallest absolute Gasteiger partial charge is 0.475 e. The number of hydrogen-bond donors (Lipinski definition) is 3. The summed E-state index contributed by atoms with van der Waals surface area (Å²) in [6.07, 6.45) is -1.16. The molecule has 2 fully saturated rings. The molecule has 2 aromatic heterocycles. The van der Waals surface area contributed by atoms with E-state index in [4.69, 9.17) is 9.90 Å². The summed E-state index contributed by atoms with van der Waals surface area (Å²) in [5.74, 6) is -2.16. The van der Waals surface area contributed by atoms with E-state index in [0.717, 1.165) is 11.3 Å². The summed E-state index contributed by atoms with van der Waals surface area (Å²) in [7, 11) is 0. The van der Waals surface area contributed by atoms with Gasteiger partial charge in [-0.15, -0.1) is 0 Å². The third-order valence-electron chi connectivity index (χ3n) is 5.64. The van der Waals surface area contributed by atoms with Crippen LogP contribution in [0.4, 0.5) is 23.8 Å². The zero-order chi connectivity index (χ0) is 23.9. The largest absolute Gasteiger partial charge is 0.490 e. The number of anilines is 1. The Morgan fingerprint density at radius 3 is 2.47 bits per heavy atom. The Kier molecular flexibility index (Phi) is 5.50. The van der Waals surface area contributed by atoms with Crippen molar-refractivity contribution in [1.29, 1.82) is 5.26 Å². The van der Waals surface area contributed by atoms with Crippen LogP contribution in [0.2, 0.25) is 0 Å². The number of aromatic nitrogens is 2. The van der Waals surface area contributed by atoms with Gasteiger partial charge in [0.15, 0.2) is 0 Å². The van der Waals surface area contributed by atoms with Gasteiger partial charge in [-0.3, -0.25) is 14.5 Å². The number of carbonyl (C=O) groups is 3. The molecule has 2 aliphatic heterocycles. The Bertz CT molecular complexity index is 1140. The number of carboxylic acids is 1. The molecule has 0 aliphatic carbocycles. The number of aliphatic carboxylic acids is 1. The molecule has 2 aromatic rings. The minimum atomic E-state index is -5.08. The predicted molar refractivity (Wildman–Crippen MR) is 104 cm³/mol. The van der Waals surface area contributed by atoms with Crippen LogP contribution >= 0.6 is 0 Å². The van der Waals surface area contributed by atoms with Crippen molar-refractivity contribution in [1.82, 2.24) is 20.0 Å². The molecular formula is C19H19F3N6O4. The van der Waals surface area contributed by atoms with E-state index >= 15 is 0 Å². The number of rotatable bonds is 1. The van der Waals surface area contributed by atoms with Gasteiger partial charge in [-0.1, -0.05) is 13.8 Å². The topological polar surface area (TPSA) is 140 Å². The second-order valence-electron chi connectivity index (χ2n) is 8.07. The van der Waals surface area contributed by atoms with Crippen LogP contribution < -0.4 is 15.5 Å². The average Bonchev–Trinajstić information content (AvgIpc) is 3.27. The van der Waals surface area contributed by atoms with Crippen molar-refractivity contribution in [2.24, 2.45) is 5.41 Å². The van der Waals surface area contributed by atoms with E-state index in [1.165, 1.54) is 0 Å². The molecule has 2 aliphatic rings. The summed E-state index contributed by atoms with van der Waals surface area (Å²) in [5, 5.41) is 21.6. The lowest BCUT2D eigenvalue weighted by Crippen LogP contribution is -2.66. The number of carbonyl (C=O) groups excluding carboxylic acids is 2. The molecule has 1 spiro atoms. The molecule has 32 heavy (non-hydrogen) atoms. The third kappa shape index (κ3) is 3.91. The Labute approximate surface area is 179 Å². The number of fused-ring (bicyclic) bond motifs is 1. The summed E-state index contributed by atoms with van der Waals surface area (Å²) < 4.78 is 33.7. The summed E-state index contributed by atoms with van der Waals surface area (Å²) in [5.41, 5.74) is 0.0190. The first-order valence-electron chi connectivity index (χ1n) is 9.35. The normalized spacial score (nSPS) is 22.1. The van der Waals surface area contributed by atoms with Crippen molar-refractivity contribution >= 4 is 29.2 Å². The van der Waals surface area contributed by atoms with Crippen molar-refractivity contribution in [3.63, 3.8) is 0 Å². The monoisotopic (exact) mass is 452 g/mol. The van der Waals surface area contributed by atoms with Gasteiger partial charge in [0.05, 0.1) is 23.3 Å². The van der Waals surface area contributed by atoms with Crippen LogP contribution in [0, 0.1) is 16.7 Å². The maximum atomic E-state index is 12.4. The van der Waals surface area contributed by atoms with Gasteiger partial charge in [0.2, 0.25) is 0 Å². The number of amides is 3. The fourth-order valence-electron chi connectivity index (χ4n) is 3.99. The zero-order valence-electron chi connectivity index (χ0n) is 17.0. The number of nitriles is 1. The third-order valence-corrected chi connectivity index (χ3v) is 5.64. The quantitative estimate of drug-likeness (QED) is 0.559. The maximum Gasteiger partial charge on any atom is 0.490 e. The van der Waals surface area contributed by atoms with Crippen LogP contribution in [0.1, 0.15) is 25.8 Å². The molecule has 3 N–H and O–H groups in total. The Balaban J connectivity index is 0.000000360. The zero-order valence-corrected chi connectivity index (χ0v) is 17.0. The van der Waals surface area contributed by atoms with E-state index in [0.29, 0.717) is 25.1 Å². The molecule has 170 valence electrons. The lowest BCUT2D eigenvalue weighted by Gasteiger charge is -2.50. The number of carboxylic acid groups (broad SMARTS) is 1. The molecule has 3 amide bonds. The lowest BCUT2D eigenvalue weighted by molar-refractivity contribution is -0.192. The predicted octanol–water partition coefficient (Wildman–Crippen LogP) is 1.65. The summed E-state index contributed by atoms with van der Waals surface area (Å²) in [6, 6.07) is 5.37. The van der Waals surface area contributed by atoms with E-state index < -0.39 is 29.1 Å².